The molecule has 0 aliphatic carbocycles. The largest absolute Gasteiger partial charge is 0.474 e. The first-order valence-corrected chi connectivity index (χ1v) is 8.94. The Hall–Kier alpha value is -1.95. The predicted molar refractivity (Wildman–Crippen MR) is 95.5 cm³/mol. The molecule has 3 heterocycles. The van der Waals surface area contributed by atoms with Crippen LogP contribution in [0.4, 0.5) is 0 Å². The lowest BCUT2D eigenvalue weighted by atomic mass is 10.1. The Bertz CT molecular complexity index is 708. The SMILES string of the molecule is CN1CCC(Oc2cccc(-c3cccc(C4OCCO4)c3)n2)CC1. The van der Waals surface area contributed by atoms with E-state index in [9.17, 15) is 0 Å². The molecule has 0 radical (unpaired) electrons. The maximum absolute atomic E-state index is 6.11. The van der Waals surface area contributed by atoms with Gasteiger partial charge in [-0.3, -0.25) is 0 Å². The summed E-state index contributed by atoms with van der Waals surface area (Å²) in [7, 11) is 2.15. The van der Waals surface area contributed by atoms with E-state index in [1.54, 1.807) is 0 Å². The molecule has 0 bridgehead atoms. The van der Waals surface area contributed by atoms with Gasteiger partial charge in [0.1, 0.15) is 6.10 Å². The standard InChI is InChI=1S/C20H24N2O3/c1-22-10-8-17(9-11-22)25-19-7-3-6-18(21-19)15-4-2-5-16(14-15)20-23-12-13-24-20/h2-7,14,17,20H,8-13H2,1H3. The third kappa shape index (κ3) is 4.00. The molecule has 1 aromatic heterocycles. The fourth-order valence-corrected chi connectivity index (χ4v) is 3.31. The van der Waals surface area contributed by atoms with Crippen molar-refractivity contribution in [3.63, 3.8) is 0 Å². The summed E-state index contributed by atoms with van der Waals surface area (Å²) >= 11 is 0. The molecule has 2 saturated heterocycles. The van der Waals surface area contributed by atoms with E-state index < -0.39 is 0 Å². The van der Waals surface area contributed by atoms with Crippen molar-refractivity contribution < 1.29 is 14.2 Å². The Morgan fingerprint density at radius 2 is 1.80 bits per heavy atom. The highest BCUT2D eigenvalue weighted by atomic mass is 16.7. The Morgan fingerprint density at radius 1 is 1.04 bits per heavy atom. The Morgan fingerprint density at radius 3 is 2.60 bits per heavy atom. The normalized spacial score (nSPS) is 20.0. The van der Waals surface area contributed by atoms with E-state index in [0.29, 0.717) is 19.1 Å². The summed E-state index contributed by atoms with van der Waals surface area (Å²) in [5, 5.41) is 0. The molecule has 0 N–H and O–H groups in total. The number of rotatable bonds is 4. The topological polar surface area (TPSA) is 43.8 Å². The molecule has 2 fully saturated rings. The van der Waals surface area contributed by atoms with Crippen LogP contribution in [0, 0.1) is 0 Å². The summed E-state index contributed by atoms with van der Waals surface area (Å²) in [5.74, 6) is 0.700. The van der Waals surface area contributed by atoms with E-state index in [-0.39, 0.29) is 12.4 Å². The van der Waals surface area contributed by atoms with Crippen LogP contribution in [0.2, 0.25) is 0 Å². The van der Waals surface area contributed by atoms with Crippen LogP contribution < -0.4 is 4.74 Å². The fourth-order valence-electron chi connectivity index (χ4n) is 3.31. The number of pyridine rings is 1. The molecule has 0 spiro atoms. The van der Waals surface area contributed by atoms with Gasteiger partial charge in [-0.2, -0.15) is 0 Å². The first kappa shape index (κ1) is 16.5. The van der Waals surface area contributed by atoms with E-state index in [1.807, 2.05) is 30.3 Å². The van der Waals surface area contributed by atoms with Gasteiger partial charge in [-0.1, -0.05) is 24.3 Å². The van der Waals surface area contributed by atoms with E-state index in [2.05, 4.69) is 24.1 Å². The minimum absolute atomic E-state index is 0.255. The number of benzene rings is 1. The lowest BCUT2D eigenvalue weighted by Gasteiger charge is -2.29. The van der Waals surface area contributed by atoms with Gasteiger partial charge in [-0.15, -0.1) is 0 Å². The summed E-state index contributed by atoms with van der Waals surface area (Å²) < 4.78 is 17.3. The molecule has 5 heteroatoms. The molecule has 132 valence electrons. The molecule has 5 nitrogen and oxygen atoms in total. The van der Waals surface area contributed by atoms with E-state index in [4.69, 9.17) is 19.2 Å². The van der Waals surface area contributed by atoms with Crippen LogP contribution in [0.5, 0.6) is 5.88 Å². The maximum atomic E-state index is 6.11. The van der Waals surface area contributed by atoms with Crippen LogP contribution >= 0.6 is 0 Å². The average molecular weight is 340 g/mol. The van der Waals surface area contributed by atoms with Gasteiger partial charge in [0.15, 0.2) is 6.29 Å². The minimum Gasteiger partial charge on any atom is -0.474 e. The van der Waals surface area contributed by atoms with Crippen LogP contribution in [-0.2, 0) is 9.47 Å². The summed E-state index contributed by atoms with van der Waals surface area (Å²) in [6.07, 6.45) is 2.09. The number of piperidine rings is 1. The van der Waals surface area contributed by atoms with Crippen LogP contribution in [0.3, 0.4) is 0 Å². The van der Waals surface area contributed by atoms with Crippen LogP contribution in [0.1, 0.15) is 24.7 Å². The van der Waals surface area contributed by atoms with Crippen LogP contribution in [0.15, 0.2) is 42.5 Å². The molecular formula is C20H24N2O3. The van der Waals surface area contributed by atoms with Crippen molar-refractivity contribution in [3.8, 4) is 17.1 Å². The third-order valence-corrected chi connectivity index (χ3v) is 4.75. The highest BCUT2D eigenvalue weighted by Gasteiger charge is 2.20. The molecule has 25 heavy (non-hydrogen) atoms. The molecule has 2 aromatic rings. The first-order chi connectivity index (χ1) is 12.3. The van der Waals surface area contributed by atoms with Gasteiger partial charge >= 0.3 is 0 Å². The quantitative estimate of drug-likeness (QED) is 0.855. The second-order valence-electron chi connectivity index (χ2n) is 6.68. The molecule has 2 aliphatic heterocycles. The van der Waals surface area contributed by atoms with Gasteiger partial charge < -0.3 is 19.1 Å². The number of hydrogen-bond donors (Lipinski definition) is 0. The number of ether oxygens (including phenoxy) is 3. The molecule has 0 unspecified atom stereocenters. The second kappa shape index (κ2) is 7.52. The van der Waals surface area contributed by atoms with Crippen molar-refractivity contribution >= 4 is 0 Å². The number of nitrogens with zero attached hydrogens (tertiary/aromatic N) is 2. The zero-order chi connectivity index (χ0) is 17.1. The van der Waals surface area contributed by atoms with Crippen LogP contribution in [-0.4, -0.2) is 49.3 Å². The number of likely N-dealkylation sites (tertiary alicyclic amines) is 1. The van der Waals surface area contributed by atoms with Crippen molar-refractivity contribution in [2.24, 2.45) is 0 Å². The fraction of sp³-hybridized carbons (Fsp3) is 0.450. The van der Waals surface area contributed by atoms with E-state index >= 15 is 0 Å². The van der Waals surface area contributed by atoms with Gasteiger partial charge in [-0.25, -0.2) is 4.98 Å². The molecule has 0 amide bonds. The molecule has 1 aromatic carbocycles. The molecule has 4 rings (SSSR count). The van der Waals surface area contributed by atoms with E-state index in [0.717, 1.165) is 42.8 Å². The van der Waals surface area contributed by atoms with Crippen LogP contribution in [0.25, 0.3) is 11.3 Å². The minimum atomic E-state index is -0.265. The highest BCUT2D eigenvalue weighted by Crippen LogP contribution is 2.28. The Kier molecular flexibility index (Phi) is 4.97. The summed E-state index contributed by atoms with van der Waals surface area (Å²) in [6.45, 7) is 3.45. The molecule has 0 saturated carbocycles. The molecule has 2 aliphatic rings. The van der Waals surface area contributed by atoms with Gasteiger partial charge in [-0.05, 0) is 32.0 Å². The van der Waals surface area contributed by atoms with Gasteiger partial charge in [0.2, 0.25) is 5.88 Å². The first-order valence-electron chi connectivity index (χ1n) is 8.94. The Balaban J connectivity index is 1.50. The molecular weight excluding hydrogens is 316 g/mol. The summed E-state index contributed by atoms with van der Waals surface area (Å²) in [6, 6.07) is 14.1. The van der Waals surface area contributed by atoms with Crippen molar-refractivity contribution in [2.75, 3.05) is 33.4 Å². The zero-order valence-corrected chi connectivity index (χ0v) is 14.6. The average Bonchev–Trinajstić information content (AvgIpc) is 3.19. The third-order valence-electron chi connectivity index (χ3n) is 4.75. The smallest absolute Gasteiger partial charge is 0.214 e. The lowest BCUT2D eigenvalue weighted by Crippen LogP contribution is -2.35. The maximum Gasteiger partial charge on any atom is 0.214 e. The second-order valence-corrected chi connectivity index (χ2v) is 6.68. The molecule has 0 atom stereocenters. The number of aromatic nitrogens is 1. The summed E-state index contributed by atoms with van der Waals surface area (Å²) in [5.41, 5.74) is 2.98. The lowest BCUT2D eigenvalue weighted by molar-refractivity contribution is -0.0440. The predicted octanol–water partition coefficient (Wildman–Crippen LogP) is 3.27. The van der Waals surface area contributed by atoms with Crippen molar-refractivity contribution in [3.05, 3.63) is 48.0 Å². The van der Waals surface area contributed by atoms with Gasteiger partial charge in [0, 0.05) is 30.3 Å². The number of hydrogen-bond acceptors (Lipinski definition) is 5. The van der Waals surface area contributed by atoms with Gasteiger partial charge in [0.05, 0.1) is 18.9 Å². The van der Waals surface area contributed by atoms with E-state index in [1.165, 1.54) is 0 Å². The Labute approximate surface area is 148 Å². The van der Waals surface area contributed by atoms with Crippen molar-refractivity contribution in [1.29, 1.82) is 0 Å². The summed E-state index contributed by atoms with van der Waals surface area (Å²) in [4.78, 5) is 7.04. The van der Waals surface area contributed by atoms with Crippen molar-refractivity contribution in [2.45, 2.75) is 25.2 Å². The van der Waals surface area contributed by atoms with Gasteiger partial charge in [0.25, 0.3) is 0 Å². The highest BCUT2D eigenvalue weighted by molar-refractivity contribution is 5.60. The monoisotopic (exact) mass is 340 g/mol. The van der Waals surface area contributed by atoms with Crippen molar-refractivity contribution in [1.82, 2.24) is 9.88 Å². The zero-order valence-electron chi connectivity index (χ0n) is 14.6.